The minimum absolute atomic E-state index is 0.00905. The van der Waals surface area contributed by atoms with Crippen LogP contribution in [-0.4, -0.2) is 29.5 Å². The maximum absolute atomic E-state index is 11.6. The van der Waals surface area contributed by atoms with E-state index < -0.39 is 26.5 Å². The molecule has 0 aliphatic heterocycles. The minimum Gasteiger partial charge on any atom is -0.449 e. The zero-order valence-electron chi connectivity index (χ0n) is 10.9. The SMILES string of the molecule is CCOC(=O)NS(=O)(=O)Nc1cccc(NS(N)(=O)=O)c1. The summed E-state index contributed by atoms with van der Waals surface area (Å²) in [5.41, 5.74) is 0.0642. The fourth-order valence-corrected chi connectivity index (χ4v) is 2.48. The van der Waals surface area contributed by atoms with E-state index in [4.69, 9.17) is 5.14 Å². The van der Waals surface area contributed by atoms with Gasteiger partial charge in [0.15, 0.2) is 0 Å². The highest BCUT2D eigenvalue weighted by molar-refractivity contribution is 7.91. The van der Waals surface area contributed by atoms with Crippen LogP contribution in [-0.2, 0) is 25.2 Å². The Kier molecular flexibility index (Phi) is 5.34. The molecule has 0 saturated heterocycles. The van der Waals surface area contributed by atoms with Crippen molar-refractivity contribution in [2.75, 3.05) is 16.1 Å². The molecule has 0 bridgehead atoms. The second-order valence-corrected chi connectivity index (χ2v) is 6.37. The second-order valence-electron chi connectivity index (χ2n) is 3.66. The molecule has 0 atom stereocenters. The molecule has 1 rings (SSSR count). The molecule has 21 heavy (non-hydrogen) atoms. The summed E-state index contributed by atoms with van der Waals surface area (Å²) < 4.78 is 55.0. The number of nitrogens with one attached hydrogen (secondary N) is 3. The highest BCUT2D eigenvalue weighted by Crippen LogP contribution is 2.16. The van der Waals surface area contributed by atoms with Gasteiger partial charge in [0.25, 0.3) is 10.2 Å². The Balaban J connectivity index is 2.83. The van der Waals surface area contributed by atoms with Crippen molar-refractivity contribution in [1.82, 2.24) is 4.72 Å². The van der Waals surface area contributed by atoms with E-state index in [0.29, 0.717) is 0 Å². The number of ether oxygens (including phenoxy) is 1. The molecule has 12 heteroatoms. The maximum atomic E-state index is 11.6. The highest BCUT2D eigenvalue weighted by atomic mass is 32.2. The monoisotopic (exact) mass is 338 g/mol. The van der Waals surface area contributed by atoms with Crippen molar-refractivity contribution in [3.8, 4) is 0 Å². The predicted molar refractivity (Wildman–Crippen MR) is 75.9 cm³/mol. The smallest absolute Gasteiger partial charge is 0.422 e. The molecule has 0 radical (unpaired) electrons. The fourth-order valence-electron chi connectivity index (χ4n) is 1.26. The first-order valence-corrected chi connectivity index (χ1v) is 8.52. The van der Waals surface area contributed by atoms with Crippen LogP contribution >= 0.6 is 0 Å². The third-order valence-corrected chi connectivity index (χ3v) is 3.33. The molecular formula is C9H14N4O6S2. The van der Waals surface area contributed by atoms with Crippen LogP contribution in [0.5, 0.6) is 0 Å². The average Bonchev–Trinajstić information content (AvgIpc) is 2.25. The second kappa shape index (κ2) is 6.60. The van der Waals surface area contributed by atoms with Crippen LogP contribution in [0.3, 0.4) is 0 Å². The number of carbonyl (C=O) groups is 1. The van der Waals surface area contributed by atoms with Crippen molar-refractivity contribution in [3.05, 3.63) is 24.3 Å². The molecule has 0 unspecified atom stereocenters. The Morgan fingerprint density at radius 2 is 1.76 bits per heavy atom. The number of hydrogen-bond acceptors (Lipinski definition) is 6. The quantitative estimate of drug-likeness (QED) is 0.558. The molecule has 0 saturated carbocycles. The van der Waals surface area contributed by atoms with Gasteiger partial charge >= 0.3 is 16.3 Å². The Labute approximate surface area is 122 Å². The number of nitrogens with two attached hydrogens (primary N) is 1. The van der Waals surface area contributed by atoms with Crippen molar-refractivity contribution < 1.29 is 26.4 Å². The predicted octanol–water partition coefficient (Wildman–Crippen LogP) is -0.295. The van der Waals surface area contributed by atoms with E-state index in [2.05, 4.69) is 4.74 Å². The molecule has 1 amide bonds. The molecule has 1 aromatic carbocycles. The van der Waals surface area contributed by atoms with E-state index >= 15 is 0 Å². The van der Waals surface area contributed by atoms with E-state index in [1.807, 2.05) is 9.44 Å². The Morgan fingerprint density at radius 3 is 2.29 bits per heavy atom. The van der Waals surface area contributed by atoms with Crippen LogP contribution < -0.4 is 19.3 Å². The molecule has 10 nitrogen and oxygen atoms in total. The van der Waals surface area contributed by atoms with Gasteiger partial charge in [-0.3, -0.25) is 9.44 Å². The van der Waals surface area contributed by atoms with Crippen molar-refractivity contribution >= 4 is 37.9 Å². The molecule has 0 aliphatic carbocycles. The van der Waals surface area contributed by atoms with E-state index in [9.17, 15) is 21.6 Å². The minimum atomic E-state index is -4.20. The summed E-state index contributed by atoms with van der Waals surface area (Å²) in [7, 11) is -8.18. The van der Waals surface area contributed by atoms with Gasteiger partial charge in [-0.2, -0.15) is 16.8 Å². The largest absolute Gasteiger partial charge is 0.449 e. The van der Waals surface area contributed by atoms with Gasteiger partial charge in [-0.05, 0) is 25.1 Å². The van der Waals surface area contributed by atoms with Gasteiger partial charge in [0.1, 0.15) is 0 Å². The molecule has 0 aromatic heterocycles. The number of benzene rings is 1. The first-order chi connectivity index (χ1) is 9.61. The lowest BCUT2D eigenvalue weighted by Crippen LogP contribution is -2.35. The van der Waals surface area contributed by atoms with Crippen molar-refractivity contribution in [2.24, 2.45) is 5.14 Å². The van der Waals surface area contributed by atoms with Crippen molar-refractivity contribution in [2.45, 2.75) is 6.92 Å². The summed E-state index contributed by atoms with van der Waals surface area (Å²) in [6.07, 6.45) is -1.14. The lowest BCUT2D eigenvalue weighted by molar-refractivity contribution is 0.159. The zero-order chi connectivity index (χ0) is 16.1. The average molecular weight is 338 g/mol. The van der Waals surface area contributed by atoms with Crippen molar-refractivity contribution in [3.63, 3.8) is 0 Å². The first kappa shape index (κ1) is 17.0. The van der Waals surface area contributed by atoms with Gasteiger partial charge in [0.05, 0.1) is 18.0 Å². The third-order valence-electron chi connectivity index (χ3n) is 1.87. The fraction of sp³-hybridized carbons (Fsp3) is 0.222. The number of amides is 1. The summed E-state index contributed by atoms with van der Waals surface area (Å²) in [5, 5.41) is 4.79. The van der Waals surface area contributed by atoms with Crippen LogP contribution in [0.2, 0.25) is 0 Å². The number of carbonyl (C=O) groups excluding carboxylic acids is 1. The highest BCUT2D eigenvalue weighted by Gasteiger charge is 2.15. The van der Waals surface area contributed by atoms with E-state index in [1.54, 1.807) is 4.72 Å². The molecule has 5 N–H and O–H groups in total. The van der Waals surface area contributed by atoms with Crippen molar-refractivity contribution in [1.29, 1.82) is 0 Å². The number of hydrogen-bond donors (Lipinski definition) is 4. The molecular weight excluding hydrogens is 324 g/mol. The molecule has 0 spiro atoms. The van der Waals surface area contributed by atoms with Crippen LogP contribution in [0.4, 0.5) is 16.2 Å². The molecule has 1 aromatic rings. The topological polar surface area (TPSA) is 157 Å². The van der Waals surface area contributed by atoms with Crippen LogP contribution in [0.1, 0.15) is 6.92 Å². The number of rotatable bonds is 6. The van der Waals surface area contributed by atoms with Gasteiger partial charge in [-0.25, -0.2) is 14.7 Å². The van der Waals surface area contributed by atoms with Crippen LogP contribution in [0.25, 0.3) is 0 Å². The lowest BCUT2D eigenvalue weighted by atomic mass is 10.3. The first-order valence-electron chi connectivity index (χ1n) is 5.49. The van der Waals surface area contributed by atoms with Gasteiger partial charge in [-0.15, -0.1) is 0 Å². The van der Waals surface area contributed by atoms with Crippen LogP contribution in [0.15, 0.2) is 24.3 Å². The Bertz CT molecular complexity index is 716. The van der Waals surface area contributed by atoms with Gasteiger partial charge in [0, 0.05) is 0 Å². The molecule has 0 heterocycles. The summed E-state index contributed by atoms with van der Waals surface area (Å²) in [6.45, 7) is 1.52. The van der Waals surface area contributed by atoms with Gasteiger partial charge < -0.3 is 4.74 Å². The van der Waals surface area contributed by atoms with Gasteiger partial charge in [0.2, 0.25) is 0 Å². The summed E-state index contributed by atoms with van der Waals surface area (Å²) in [6, 6.07) is 5.27. The summed E-state index contributed by atoms with van der Waals surface area (Å²) >= 11 is 0. The van der Waals surface area contributed by atoms with E-state index in [0.717, 1.165) is 0 Å². The molecule has 0 fully saturated rings. The summed E-state index contributed by atoms with van der Waals surface area (Å²) in [5.74, 6) is 0. The van der Waals surface area contributed by atoms with Gasteiger partial charge in [-0.1, -0.05) is 6.07 Å². The Morgan fingerprint density at radius 1 is 1.19 bits per heavy atom. The normalized spacial score (nSPS) is 11.5. The maximum Gasteiger partial charge on any atom is 0.422 e. The summed E-state index contributed by atoms with van der Waals surface area (Å²) in [4.78, 5) is 11.0. The zero-order valence-corrected chi connectivity index (χ0v) is 12.5. The number of anilines is 2. The molecule has 0 aliphatic rings. The standard InChI is InChI=1S/C9H14N4O6S2/c1-2-19-9(14)13-21(17,18)12-8-5-3-4-7(6-8)11-20(10,15)16/h3-6,11-12H,2H2,1H3,(H,13,14)(H2,10,15,16). The lowest BCUT2D eigenvalue weighted by Gasteiger charge is -2.10. The molecule has 118 valence electrons. The van der Waals surface area contributed by atoms with Crippen LogP contribution in [0, 0.1) is 0 Å². The third kappa shape index (κ3) is 6.78. The Hall–Kier alpha value is -2.05. The van der Waals surface area contributed by atoms with E-state index in [1.165, 1.54) is 31.2 Å². The van der Waals surface area contributed by atoms with E-state index in [-0.39, 0.29) is 18.0 Å².